The van der Waals surface area contributed by atoms with E-state index in [1.165, 1.54) is 4.80 Å². The Morgan fingerprint density at radius 3 is 2.63 bits per heavy atom. The van der Waals surface area contributed by atoms with E-state index in [0.717, 1.165) is 5.56 Å². The minimum absolute atomic E-state index is 0.0904. The number of thiocarbonyl (C=S) groups is 1. The highest BCUT2D eigenvalue weighted by Gasteiger charge is 2.24. The fourth-order valence-corrected chi connectivity index (χ4v) is 1.85. The third-order valence-electron chi connectivity index (χ3n) is 2.42. The minimum atomic E-state index is -0.722. The standard InChI is InChI=1S/C11H12N6OS/c1-17-15-11(14-16-17)13-10(18)8(9(12)19)7-5-3-2-4-6-7/h2-6,8H,1H3,(H2,12,19)(H,13,15,18). The van der Waals surface area contributed by atoms with Gasteiger partial charge in [-0.3, -0.25) is 10.1 Å². The van der Waals surface area contributed by atoms with Gasteiger partial charge in [0.05, 0.1) is 12.0 Å². The molecular formula is C11H12N6OS. The van der Waals surface area contributed by atoms with Crippen molar-refractivity contribution in [2.45, 2.75) is 5.92 Å². The maximum atomic E-state index is 12.2. The van der Waals surface area contributed by atoms with Crippen molar-refractivity contribution in [2.75, 3.05) is 5.32 Å². The first kappa shape index (κ1) is 13.1. The van der Waals surface area contributed by atoms with Crippen LogP contribution in [0.15, 0.2) is 30.3 Å². The van der Waals surface area contributed by atoms with Crippen molar-refractivity contribution in [2.24, 2.45) is 12.8 Å². The number of nitrogens with one attached hydrogen (secondary N) is 1. The summed E-state index contributed by atoms with van der Waals surface area (Å²) in [7, 11) is 1.60. The molecule has 1 amide bonds. The van der Waals surface area contributed by atoms with Crippen molar-refractivity contribution in [3.8, 4) is 0 Å². The van der Waals surface area contributed by atoms with Gasteiger partial charge in [-0.05, 0) is 10.8 Å². The molecular weight excluding hydrogens is 264 g/mol. The van der Waals surface area contributed by atoms with Crippen LogP contribution in [0.4, 0.5) is 5.95 Å². The van der Waals surface area contributed by atoms with Gasteiger partial charge in [0.15, 0.2) is 0 Å². The Kier molecular flexibility index (Phi) is 3.81. The summed E-state index contributed by atoms with van der Waals surface area (Å²) in [6.07, 6.45) is 0. The summed E-state index contributed by atoms with van der Waals surface area (Å²) >= 11 is 4.95. The molecule has 0 spiro atoms. The molecule has 0 aliphatic rings. The van der Waals surface area contributed by atoms with E-state index in [1.54, 1.807) is 19.2 Å². The molecule has 0 saturated carbocycles. The first-order chi connectivity index (χ1) is 9.08. The van der Waals surface area contributed by atoms with Crippen LogP contribution in [0.2, 0.25) is 0 Å². The quantitative estimate of drug-likeness (QED) is 0.775. The number of amides is 1. The van der Waals surface area contributed by atoms with Crippen LogP contribution in [0.5, 0.6) is 0 Å². The number of rotatable bonds is 4. The molecule has 0 saturated heterocycles. The van der Waals surface area contributed by atoms with Gasteiger partial charge < -0.3 is 5.73 Å². The molecule has 0 aliphatic carbocycles. The summed E-state index contributed by atoms with van der Waals surface area (Å²) in [5.41, 5.74) is 6.36. The van der Waals surface area contributed by atoms with Crippen LogP contribution in [0.1, 0.15) is 11.5 Å². The average Bonchev–Trinajstić information content (AvgIpc) is 2.75. The molecule has 19 heavy (non-hydrogen) atoms. The Morgan fingerprint density at radius 2 is 2.11 bits per heavy atom. The summed E-state index contributed by atoms with van der Waals surface area (Å²) in [6.45, 7) is 0. The Labute approximate surface area is 114 Å². The number of anilines is 1. The van der Waals surface area contributed by atoms with E-state index in [2.05, 4.69) is 20.7 Å². The molecule has 1 aromatic carbocycles. The van der Waals surface area contributed by atoms with Gasteiger partial charge in [0.2, 0.25) is 5.91 Å². The van der Waals surface area contributed by atoms with E-state index < -0.39 is 5.92 Å². The SMILES string of the molecule is Cn1nnc(NC(=O)C(C(N)=S)c2ccccc2)n1. The lowest BCUT2D eigenvalue weighted by Gasteiger charge is -2.14. The Bertz CT molecular complexity index is 596. The first-order valence-electron chi connectivity index (χ1n) is 5.47. The van der Waals surface area contributed by atoms with Crippen molar-refractivity contribution in [1.82, 2.24) is 20.2 Å². The highest BCUT2D eigenvalue weighted by atomic mass is 32.1. The predicted molar refractivity (Wildman–Crippen MR) is 73.4 cm³/mol. The van der Waals surface area contributed by atoms with E-state index in [0.29, 0.717) is 0 Å². The van der Waals surface area contributed by atoms with Crippen LogP contribution in [0.25, 0.3) is 0 Å². The number of tetrazole rings is 1. The van der Waals surface area contributed by atoms with E-state index in [1.807, 2.05) is 18.2 Å². The van der Waals surface area contributed by atoms with Gasteiger partial charge in [-0.2, -0.15) is 4.80 Å². The molecule has 8 heteroatoms. The number of hydrogen-bond donors (Lipinski definition) is 2. The van der Waals surface area contributed by atoms with Gasteiger partial charge in [-0.15, -0.1) is 5.10 Å². The number of hydrogen-bond acceptors (Lipinski definition) is 5. The number of carbonyl (C=O) groups is 1. The summed E-state index contributed by atoms with van der Waals surface area (Å²) in [4.78, 5) is 13.5. The summed E-state index contributed by atoms with van der Waals surface area (Å²) in [6, 6.07) is 9.05. The second-order valence-corrected chi connectivity index (χ2v) is 4.31. The highest BCUT2D eigenvalue weighted by molar-refractivity contribution is 7.80. The van der Waals surface area contributed by atoms with E-state index in [9.17, 15) is 4.79 Å². The lowest BCUT2D eigenvalue weighted by Crippen LogP contribution is -2.31. The third kappa shape index (κ3) is 3.10. The Morgan fingerprint density at radius 1 is 1.42 bits per heavy atom. The van der Waals surface area contributed by atoms with Crippen molar-refractivity contribution in [3.63, 3.8) is 0 Å². The first-order valence-corrected chi connectivity index (χ1v) is 5.88. The smallest absolute Gasteiger partial charge is 0.270 e. The van der Waals surface area contributed by atoms with Gasteiger partial charge in [0.25, 0.3) is 5.95 Å². The maximum Gasteiger partial charge on any atom is 0.270 e. The van der Waals surface area contributed by atoms with Crippen molar-refractivity contribution >= 4 is 29.1 Å². The molecule has 0 aliphatic heterocycles. The average molecular weight is 276 g/mol. The van der Waals surface area contributed by atoms with Gasteiger partial charge in [-0.1, -0.05) is 47.6 Å². The van der Waals surface area contributed by atoms with Crippen LogP contribution in [0.3, 0.4) is 0 Å². The van der Waals surface area contributed by atoms with Gasteiger partial charge >= 0.3 is 0 Å². The summed E-state index contributed by atoms with van der Waals surface area (Å²) < 4.78 is 0. The molecule has 1 heterocycles. The third-order valence-corrected chi connectivity index (χ3v) is 2.66. The monoisotopic (exact) mass is 276 g/mol. The second kappa shape index (κ2) is 5.53. The molecule has 0 bridgehead atoms. The molecule has 1 unspecified atom stereocenters. The maximum absolute atomic E-state index is 12.2. The number of aryl methyl sites for hydroxylation is 1. The van der Waals surface area contributed by atoms with Crippen LogP contribution in [-0.4, -0.2) is 31.1 Å². The highest BCUT2D eigenvalue weighted by Crippen LogP contribution is 2.17. The number of nitrogens with zero attached hydrogens (tertiary/aromatic N) is 4. The predicted octanol–water partition coefficient (Wildman–Crippen LogP) is 0.218. The van der Waals surface area contributed by atoms with Crippen LogP contribution < -0.4 is 11.1 Å². The van der Waals surface area contributed by atoms with Gasteiger partial charge in [0, 0.05) is 0 Å². The normalized spacial score (nSPS) is 11.8. The Hall–Kier alpha value is -2.35. The van der Waals surface area contributed by atoms with E-state index >= 15 is 0 Å². The van der Waals surface area contributed by atoms with E-state index in [-0.39, 0.29) is 16.8 Å². The van der Waals surface area contributed by atoms with Crippen LogP contribution in [-0.2, 0) is 11.8 Å². The lowest BCUT2D eigenvalue weighted by atomic mass is 9.98. The molecule has 1 aromatic heterocycles. The number of nitrogens with two attached hydrogens (primary N) is 1. The molecule has 7 nitrogen and oxygen atoms in total. The van der Waals surface area contributed by atoms with Crippen molar-refractivity contribution in [1.29, 1.82) is 0 Å². The Balaban J connectivity index is 2.20. The summed E-state index contributed by atoms with van der Waals surface area (Å²) in [5, 5.41) is 13.7. The number of aromatic nitrogens is 4. The van der Waals surface area contributed by atoms with E-state index in [4.69, 9.17) is 18.0 Å². The van der Waals surface area contributed by atoms with Crippen molar-refractivity contribution in [3.05, 3.63) is 35.9 Å². The molecule has 2 aromatic rings. The fraction of sp³-hybridized carbons (Fsp3) is 0.182. The number of carbonyl (C=O) groups excluding carboxylic acids is 1. The summed E-state index contributed by atoms with van der Waals surface area (Å²) in [5.74, 6) is -0.989. The topological polar surface area (TPSA) is 98.7 Å². The second-order valence-electron chi connectivity index (χ2n) is 3.84. The van der Waals surface area contributed by atoms with Crippen LogP contribution in [0, 0.1) is 0 Å². The molecule has 1 atom stereocenters. The largest absolute Gasteiger partial charge is 0.392 e. The molecule has 3 N–H and O–H groups in total. The fourth-order valence-electron chi connectivity index (χ4n) is 1.61. The molecule has 0 radical (unpaired) electrons. The molecule has 2 rings (SSSR count). The minimum Gasteiger partial charge on any atom is -0.392 e. The van der Waals surface area contributed by atoms with Gasteiger partial charge in [-0.25, -0.2) is 0 Å². The molecule has 98 valence electrons. The zero-order valence-electron chi connectivity index (χ0n) is 10.1. The lowest BCUT2D eigenvalue weighted by molar-refractivity contribution is -0.116. The molecule has 0 fully saturated rings. The van der Waals surface area contributed by atoms with Crippen molar-refractivity contribution < 1.29 is 4.79 Å². The number of benzene rings is 1. The van der Waals surface area contributed by atoms with Gasteiger partial charge in [0.1, 0.15) is 5.92 Å². The zero-order chi connectivity index (χ0) is 13.8. The zero-order valence-corrected chi connectivity index (χ0v) is 11.0. The van der Waals surface area contributed by atoms with Crippen LogP contribution >= 0.6 is 12.2 Å².